The first-order valence-corrected chi connectivity index (χ1v) is 5.74. The third-order valence-electron chi connectivity index (χ3n) is 3.62. The fourth-order valence-electron chi connectivity index (χ4n) is 2.46. The van der Waals surface area contributed by atoms with Crippen LogP contribution in [0.5, 0.6) is 0 Å². The Morgan fingerprint density at radius 3 is 2.60 bits per heavy atom. The Labute approximate surface area is 91.5 Å². The zero-order chi connectivity index (χ0) is 11.1. The van der Waals surface area contributed by atoms with Gasteiger partial charge in [-0.05, 0) is 53.9 Å². The van der Waals surface area contributed by atoms with E-state index in [1.807, 2.05) is 6.07 Å². The van der Waals surface area contributed by atoms with E-state index in [1.165, 1.54) is 17.5 Å². The fourth-order valence-corrected chi connectivity index (χ4v) is 2.46. The topological polar surface area (TPSA) is 0 Å². The van der Waals surface area contributed by atoms with Crippen LogP contribution in [0.15, 0.2) is 18.2 Å². The second kappa shape index (κ2) is 3.62. The minimum absolute atomic E-state index is 0.0945. The number of benzene rings is 1. The Morgan fingerprint density at radius 2 is 1.93 bits per heavy atom. The molecule has 0 radical (unpaired) electrons. The molecule has 15 heavy (non-hydrogen) atoms. The summed E-state index contributed by atoms with van der Waals surface area (Å²) >= 11 is 0. The van der Waals surface area contributed by atoms with Crippen molar-refractivity contribution in [2.24, 2.45) is 11.3 Å². The maximum Gasteiger partial charge on any atom is 0.123 e. The van der Waals surface area contributed by atoms with Crippen molar-refractivity contribution in [3.05, 3.63) is 35.1 Å². The van der Waals surface area contributed by atoms with Gasteiger partial charge in [-0.3, -0.25) is 0 Å². The van der Waals surface area contributed by atoms with Gasteiger partial charge in [0.2, 0.25) is 0 Å². The summed E-state index contributed by atoms with van der Waals surface area (Å²) in [5.74, 6) is 0.637. The largest absolute Gasteiger partial charge is 0.207 e. The number of aryl methyl sites for hydroxylation is 1. The number of fused-ring (bicyclic) bond motifs is 1. The highest BCUT2D eigenvalue weighted by molar-refractivity contribution is 5.30. The Kier molecular flexibility index (Phi) is 2.57. The highest BCUT2D eigenvalue weighted by Gasteiger charge is 2.28. The van der Waals surface area contributed by atoms with E-state index in [0.29, 0.717) is 5.41 Å². The van der Waals surface area contributed by atoms with Crippen LogP contribution >= 0.6 is 0 Å². The monoisotopic (exact) mass is 206 g/mol. The summed E-state index contributed by atoms with van der Waals surface area (Å²) in [7, 11) is 0. The third kappa shape index (κ3) is 2.22. The Balaban J connectivity index is 2.24. The van der Waals surface area contributed by atoms with E-state index in [2.05, 4.69) is 20.8 Å². The van der Waals surface area contributed by atoms with Gasteiger partial charge in [0.15, 0.2) is 0 Å². The third-order valence-corrected chi connectivity index (χ3v) is 3.62. The van der Waals surface area contributed by atoms with Crippen LogP contribution in [0.1, 0.15) is 38.3 Å². The molecular weight excluding hydrogens is 187 g/mol. The average Bonchev–Trinajstić information content (AvgIpc) is 2.15. The van der Waals surface area contributed by atoms with Gasteiger partial charge in [-0.25, -0.2) is 4.39 Å². The second-order valence-corrected chi connectivity index (χ2v) is 5.72. The molecule has 0 amide bonds. The molecule has 0 fully saturated rings. The molecule has 1 atom stereocenters. The zero-order valence-electron chi connectivity index (χ0n) is 9.81. The van der Waals surface area contributed by atoms with Gasteiger partial charge in [-0.15, -0.1) is 0 Å². The number of rotatable bonds is 0. The minimum Gasteiger partial charge on any atom is -0.207 e. The molecule has 0 saturated heterocycles. The van der Waals surface area contributed by atoms with Gasteiger partial charge in [0.25, 0.3) is 0 Å². The number of halogens is 1. The van der Waals surface area contributed by atoms with Gasteiger partial charge in [0.05, 0.1) is 0 Å². The lowest BCUT2D eigenvalue weighted by atomic mass is 9.71. The van der Waals surface area contributed by atoms with E-state index < -0.39 is 0 Å². The first-order valence-electron chi connectivity index (χ1n) is 5.74. The Hall–Kier alpha value is -0.850. The molecule has 0 bridgehead atoms. The van der Waals surface area contributed by atoms with Crippen molar-refractivity contribution in [3.8, 4) is 0 Å². The van der Waals surface area contributed by atoms with Gasteiger partial charge < -0.3 is 0 Å². The normalized spacial score (nSPS) is 21.2. The van der Waals surface area contributed by atoms with Gasteiger partial charge in [0, 0.05) is 0 Å². The molecule has 82 valence electrons. The lowest BCUT2D eigenvalue weighted by Crippen LogP contribution is -2.26. The van der Waals surface area contributed by atoms with Crippen LogP contribution in [0.25, 0.3) is 0 Å². The van der Waals surface area contributed by atoms with E-state index >= 15 is 0 Å². The molecule has 0 heterocycles. The van der Waals surface area contributed by atoms with Crippen LogP contribution in [0.3, 0.4) is 0 Å². The van der Waals surface area contributed by atoms with Gasteiger partial charge in [-0.2, -0.15) is 0 Å². The molecule has 1 aromatic carbocycles. The molecule has 1 aliphatic carbocycles. The van der Waals surface area contributed by atoms with Crippen LogP contribution in [0, 0.1) is 17.2 Å². The lowest BCUT2D eigenvalue weighted by molar-refractivity contribution is 0.216. The maximum atomic E-state index is 13.0. The van der Waals surface area contributed by atoms with E-state index in [9.17, 15) is 4.39 Å². The molecule has 1 heteroatoms. The number of hydrogen-bond acceptors (Lipinski definition) is 0. The highest BCUT2D eigenvalue weighted by atomic mass is 19.1. The molecule has 2 rings (SSSR count). The van der Waals surface area contributed by atoms with Crippen molar-refractivity contribution in [2.75, 3.05) is 0 Å². The highest BCUT2D eigenvalue weighted by Crippen LogP contribution is 2.37. The van der Waals surface area contributed by atoms with Crippen LogP contribution in [0.4, 0.5) is 4.39 Å². The summed E-state index contributed by atoms with van der Waals surface area (Å²) in [6.07, 6.45) is 3.34. The fraction of sp³-hybridized carbons (Fsp3) is 0.571. The average molecular weight is 206 g/mol. The molecule has 0 N–H and O–H groups in total. The van der Waals surface area contributed by atoms with Crippen molar-refractivity contribution in [2.45, 2.75) is 40.0 Å². The second-order valence-electron chi connectivity index (χ2n) is 5.72. The summed E-state index contributed by atoms with van der Waals surface area (Å²) < 4.78 is 13.0. The molecule has 0 spiro atoms. The van der Waals surface area contributed by atoms with Crippen molar-refractivity contribution < 1.29 is 4.39 Å². The quantitative estimate of drug-likeness (QED) is 0.602. The molecule has 1 unspecified atom stereocenters. The maximum absolute atomic E-state index is 13.0. The molecule has 0 aliphatic heterocycles. The molecule has 1 aliphatic rings. The summed E-state index contributed by atoms with van der Waals surface area (Å²) in [6.45, 7) is 6.89. The zero-order valence-corrected chi connectivity index (χ0v) is 9.81. The van der Waals surface area contributed by atoms with Crippen LogP contribution in [0.2, 0.25) is 0 Å². The predicted octanol–water partition coefficient (Wildman–Crippen LogP) is 3.98. The van der Waals surface area contributed by atoms with Crippen molar-refractivity contribution in [1.29, 1.82) is 0 Å². The predicted molar refractivity (Wildman–Crippen MR) is 61.4 cm³/mol. The van der Waals surface area contributed by atoms with Crippen molar-refractivity contribution >= 4 is 0 Å². The van der Waals surface area contributed by atoms with E-state index in [0.717, 1.165) is 18.8 Å². The Bertz CT molecular complexity index is 360. The molecular formula is C14H19F. The SMILES string of the molecule is CC(C)(C)C1CCc2cc(F)ccc2C1. The summed E-state index contributed by atoms with van der Waals surface area (Å²) in [5.41, 5.74) is 2.93. The molecule has 0 saturated carbocycles. The number of hydrogen-bond donors (Lipinski definition) is 0. The van der Waals surface area contributed by atoms with Crippen molar-refractivity contribution in [3.63, 3.8) is 0 Å². The van der Waals surface area contributed by atoms with Gasteiger partial charge >= 0.3 is 0 Å². The smallest absolute Gasteiger partial charge is 0.123 e. The summed E-state index contributed by atoms with van der Waals surface area (Å²) in [4.78, 5) is 0. The van der Waals surface area contributed by atoms with Crippen molar-refractivity contribution in [1.82, 2.24) is 0 Å². The molecule has 1 aromatic rings. The first kappa shape index (κ1) is 10.7. The van der Waals surface area contributed by atoms with Gasteiger partial charge in [0.1, 0.15) is 5.82 Å². The standard InChI is InChI=1S/C14H19F/c1-14(2,3)12-6-4-11-9-13(15)7-5-10(11)8-12/h5,7,9,12H,4,6,8H2,1-3H3. The van der Waals surface area contributed by atoms with Crippen LogP contribution in [-0.2, 0) is 12.8 Å². The Morgan fingerprint density at radius 1 is 1.20 bits per heavy atom. The van der Waals surface area contributed by atoms with Crippen LogP contribution in [-0.4, -0.2) is 0 Å². The molecule has 0 aromatic heterocycles. The minimum atomic E-state index is -0.0945. The van der Waals surface area contributed by atoms with Gasteiger partial charge in [-0.1, -0.05) is 26.8 Å². The lowest BCUT2D eigenvalue weighted by Gasteiger charge is -2.34. The first-order chi connectivity index (χ1) is 6.97. The molecule has 0 nitrogen and oxygen atoms in total. The summed E-state index contributed by atoms with van der Waals surface area (Å²) in [6, 6.07) is 5.25. The van der Waals surface area contributed by atoms with E-state index in [1.54, 1.807) is 12.1 Å². The van der Waals surface area contributed by atoms with E-state index in [4.69, 9.17) is 0 Å². The van der Waals surface area contributed by atoms with Crippen LogP contribution < -0.4 is 0 Å². The summed E-state index contributed by atoms with van der Waals surface area (Å²) in [5, 5.41) is 0. The van der Waals surface area contributed by atoms with E-state index in [-0.39, 0.29) is 5.82 Å².